The Morgan fingerprint density at radius 2 is 2.25 bits per heavy atom. The standard InChI is InChI=1S/C13H19NOS/c1-3-4-8-16-10-13(15)14-12-7-5-6-11(2)9-12/h5-7,9H,3-4,8,10H2,1-2H3,(H,14,15). The molecular formula is C13H19NOS. The van der Waals surface area contributed by atoms with Crippen LogP contribution in [0.3, 0.4) is 0 Å². The fourth-order valence-electron chi connectivity index (χ4n) is 1.33. The highest BCUT2D eigenvalue weighted by Gasteiger charge is 2.01. The molecule has 0 radical (unpaired) electrons. The van der Waals surface area contributed by atoms with Crippen molar-refractivity contribution in [3.63, 3.8) is 0 Å². The molecule has 1 amide bonds. The molecule has 0 aromatic heterocycles. The number of hydrogen-bond donors (Lipinski definition) is 1. The molecule has 1 rings (SSSR count). The molecule has 0 aliphatic carbocycles. The van der Waals surface area contributed by atoms with Crippen LogP contribution >= 0.6 is 11.8 Å². The van der Waals surface area contributed by atoms with Crippen molar-refractivity contribution in [1.29, 1.82) is 0 Å². The summed E-state index contributed by atoms with van der Waals surface area (Å²) in [4.78, 5) is 11.6. The first-order chi connectivity index (χ1) is 7.72. The molecule has 0 aliphatic heterocycles. The predicted molar refractivity (Wildman–Crippen MR) is 72.0 cm³/mol. The van der Waals surface area contributed by atoms with Crippen molar-refractivity contribution >= 4 is 23.4 Å². The second-order valence-electron chi connectivity index (χ2n) is 3.82. The Labute approximate surface area is 102 Å². The third-order valence-electron chi connectivity index (χ3n) is 2.18. The summed E-state index contributed by atoms with van der Waals surface area (Å²) in [6.45, 7) is 4.18. The Morgan fingerprint density at radius 3 is 2.94 bits per heavy atom. The molecule has 16 heavy (non-hydrogen) atoms. The van der Waals surface area contributed by atoms with Gasteiger partial charge in [-0.05, 0) is 36.8 Å². The van der Waals surface area contributed by atoms with Crippen LogP contribution in [0.15, 0.2) is 24.3 Å². The van der Waals surface area contributed by atoms with Gasteiger partial charge in [0.25, 0.3) is 0 Å². The summed E-state index contributed by atoms with van der Waals surface area (Å²) in [7, 11) is 0. The van der Waals surface area contributed by atoms with E-state index in [1.165, 1.54) is 12.8 Å². The minimum Gasteiger partial charge on any atom is -0.325 e. The fraction of sp³-hybridized carbons (Fsp3) is 0.462. The molecule has 0 heterocycles. The van der Waals surface area contributed by atoms with Gasteiger partial charge in [-0.1, -0.05) is 25.5 Å². The molecule has 0 aliphatic rings. The van der Waals surface area contributed by atoms with Crippen LogP contribution < -0.4 is 5.32 Å². The van der Waals surface area contributed by atoms with Gasteiger partial charge in [0, 0.05) is 5.69 Å². The van der Waals surface area contributed by atoms with Gasteiger partial charge in [-0.2, -0.15) is 11.8 Å². The number of unbranched alkanes of at least 4 members (excludes halogenated alkanes) is 1. The van der Waals surface area contributed by atoms with Crippen LogP contribution in [0.4, 0.5) is 5.69 Å². The number of anilines is 1. The van der Waals surface area contributed by atoms with Gasteiger partial charge in [-0.3, -0.25) is 4.79 Å². The number of benzene rings is 1. The zero-order valence-corrected chi connectivity index (χ0v) is 10.8. The van der Waals surface area contributed by atoms with Crippen molar-refractivity contribution in [1.82, 2.24) is 0 Å². The molecule has 0 saturated carbocycles. The molecule has 1 aromatic rings. The lowest BCUT2D eigenvalue weighted by Crippen LogP contribution is -2.14. The van der Waals surface area contributed by atoms with Crippen molar-refractivity contribution in [2.75, 3.05) is 16.8 Å². The number of amides is 1. The largest absolute Gasteiger partial charge is 0.325 e. The van der Waals surface area contributed by atoms with Gasteiger partial charge in [-0.25, -0.2) is 0 Å². The average Bonchev–Trinajstić information content (AvgIpc) is 2.24. The minimum absolute atomic E-state index is 0.0895. The first-order valence-corrected chi connectivity index (χ1v) is 6.82. The maximum absolute atomic E-state index is 11.6. The van der Waals surface area contributed by atoms with Gasteiger partial charge in [0.15, 0.2) is 0 Å². The summed E-state index contributed by atoms with van der Waals surface area (Å²) in [5.41, 5.74) is 2.05. The van der Waals surface area contributed by atoms with Gasteiger partial charge in [-0.15, -0.1) is 0 Å². The zero-order valence-electron chi connectivity index (χ0n) is 9.95. The maximum Gasteiger partial charge on any atom is 0.234 e. The minimum atomic E-state index is 0.0895. The van der Waals surface area contributed by atoms with Crippen molar-refractivity contribution in [3.8, 4) is 0 Å². The lowest BCUT2D eigenvalue weighted by Gasteiger charge is -2.05. The summed E-state index contributed by atoms with van der Waals surface area (Å²) >= 11 is 1.70. The molecule has 1 N–H and O–H groups in total. The molecule has 0 fully saturated rings. The Bertz CT molecular complexity index is 338. The number of nitrogens with one attached hydrogen (secondary N) is 1. The molecule has 0 unspecified atom stereocenters. The van der Waals surface area contributed by atoms with Crippen LogP contribution in [0, 0.1) is 6.92 Å². The van der Waals surface area contributed by atoms with E-state index in [4.69, 9.17) is 0 Å². The Morgan fingerprint density at radius 1 is 1.44 bits per heavy atom. The highest BCUT2D eigenvalue weighted by molar-refractivity contribution is 7.99. The van der Waals surface area contributed by atoms with Crippen molar-refractivity contribution in [2.24, 2.45) is 0 Å². The maximum atomic E-state index is 11.6. The van der Waals surface area contributed by atoms with E-state index in [0.29, 0.717) is 5.75 Å². The summed E-state index contributed by atoms with van der Waals surface area (Å²) in [5.74, 6) is 1.71. The van der Waals surface area contributed by atoms with E-state index in [-0.39, 0.29) is 5.91 Å². The molecule has 88 valence electrons. The number of carbonyl (C=O) groups is 1. The van der Waals surface area contributed by atoms with Crippen molar-refractivity contribution in [2.45, 2.75) is 26.7 Å². The van der Waals surface area contributed by atoms with Gasteiger partial charge in [0.05, 0.1) is 5.75 Å². The van der Waals surface area contributed by atoms with E-state index in [0.717, 1.165) is 17.0 Å². The Hall–Kier alpha value is -0.960. The van der Waals surface area contributed by atoms with E-state index < -0.39 is 0 Å². The zero-order chi connectivity index (χ0) is 11.8. The molecule has 1 aromatic carbocycles. The van der Waals surface area contributed by atoms with Crippen LogP contribution in [-0.4, -0.2) is 17.4 Å². The summed E-state index contributed by atoms with van der Waals surface area (Å²) in [6.07, 6.45) is 2.37. The topological polar surface area (TPSA) is 29.1 Å². The summed E-state index contributed by atoms with van der Waals surface area (Å²) in [5, 5.41) is 2.90. The van der Waals surface area contributed by atoms with Crippen LogP contribution in [0.25, 0.3) is 0 Å². The third-order valence-corrected chi connectivity index (χ3v) is 3.22. The molecule has 0 bridgehead atoms. The predicted octanol–water partition coefficient (Wildman–Crippen LogP) is 3.47. The van der Waals surface area contributed by atoms with Gasteiger partial charge >= 0.3 is 0 Å². The van der Waals surface area contributed by atoms with E-state index in [2.05, 4.69) is 12.2 Å². The first-order valence-electron chi connectivity index (χ1n) is 5.66. The normalized spacial score (nSPS) is 10.1. The number of carbonyl (C=O) groups excluding carboxylic acids is 1. The number of hydrogen-bond acceptors (Lipinski definition) is 2. The summed E-state index contributed by atoms with van der Waals surface area (Å²) < 4.78 is 0. The third kappa shape index (κ3) is 5.21. The molecule has 0 saturated heterocycles. The van der Waals surface area contributed by atoms with Gasteiger partial charge < -0.3 is 5.32 Å². The Balaban J connectivity index is 2.29. The molecule has 2 nitrogen and oxygen atoms in total. The van der Waals surface area contributed by atoms with Crippen LogP contribution in [0.1, 0.15) is 25.3 Å². The molecule has 0 atom stereocenters. The van der Waals surface area contributed by atoms with E-state index in [1.54, 1.807) is 11.8 Å². The van der Waals surface area contributed by atoms with E-state index in [9.17, 15) is 4.79 Å². The lowest BCUT2D eigenvalue weighted by molar-refractivity contribution is -0.113. The quantitative estimate of drug-likeness (QED) is 0.768. The number of rotatable bonds is 6. The smallest absolute Gasteiger partial charge is 0.234 e. The van der Waals surface area contributed by atoms with Crippen molar-refractivity contribution in [3.05, 3.63) is 29.8 Å². The monoisotopic (exact) mass is 237 g/mol. The molecule has 0 spiro atoms. The molecular weight excluding hydrogens is 218 g/mol. The second kappa shape index (κ2) is 7.34. The Kier molecular flexibility index (Phi) is 6.01. The number of aryl methyl sites for hydroxylation is 1. The number of thioether (sulfide) groups is 1. The van der Waals surface area contributed by atoms with Crippen LogP contribution in [-0.2, 0) is 4.79 Å². The van der Waals surface area contributed by atoms with Crippen molar-refractivity contribution < 1.29 is 4.79 Å². The van der Waals surface area contributed by atoms with E-state index in [1.807, 2.05) is 31.2 Å². The highest BCUT2D eigenvalue weighted by Crippen LogP contribution is 2.11. The highest BCUT2D eigenvalue weighted by atomic mass is 32.2. The summed E-state index contributed by atoms with van der Waals surface area (Å²) in [6, 6.07) is 7.87. The van der Waals surface area contributed by atoms with Gasteiger partial charge in [0.1, 0.15) is 0 Å². The first kappa shape index (κ1) is 13.1. The SMILES string of the molecule is CCCCSCC(=O)Nc1cccc(C)c1. The second-order valence-corrected chi connectivity index (χ2v) is 4.93. The average molecular weight is 237 g/mol. The lowest BCUT2D eigenvalue weighted by atomic mass is 10.2. The fourth-order valence-corrected chi connectivity index (χ4v) is 2.23. The van der Waals surface area contributed by atoms with Gasteiger partial charge in [0.2, 0.25) is 5.91 Å². The van der Waals surface area contributed by atoms with Crippen LogP contribution in [0.5, 0.6) is 0 Å². The van der Waals surface area contributed by atoms with Crippen LogP contribution in [0.2, 0.25) is 0 Å². The van der Waals surface area contributed by atoms with E-state index >= 15 is 0 Å². The molecule has 3 heteroatoms.